The molecule has 4 N–H and O–H groups in total. The topological polar surface area (TPSA) is 73.9 Å². The zero-order valence-corrected chi connectivity index (χ0v) is 20.7. The maximum absolute atomic E-state index is 5.28. The van der Waals surface area contributed by atoms with E-state index in [1.54, 1.807) is 0 Å². The normalized spacial score (nSPS) is 22.2. The number of hydrogen-bond donors (Lipinski definition) is 4. The summed E-state index contributed by atoms with van der Waals surface area (Å²) >= 11 is 0. The van der Waals surface area contributed by atoms with Crippen molar-refractivity contribution in [1.29, 1.82) is 0 Å². The van der Waals surface area contributed by atoms with Gasteiger partial charge < -0.3 is 21.3 Å². The molecule has 0 saturated carbocycles. The first kappa shape index (κ1) is 23.5. The van der Waals surface area contributed by atoms with Crippen LogP contribution in [0.3, 0.4) is 0 Å². The van der Waals surface area contributed by atoms with Crippen molar-refractivity contribution in [3.63, 3.8) is 0 Å². The second kappa shape index (κ2) is 10.2. The average Bonchev–Trinajstić information content (AvgIpc) is 3.04. The molecule has 2 aliphatic heterocycles. The van der Waals surface area contributed by atoms with E-state index < -0.39 is 0 Å². The van der Waals surface area contributed by atoms with Gasteiger partial charge in [0.15, 0.2) is 0 Å². The summed E-state index contributed by atoms with van der Waals surface area (Å²) in [4.78, 5) is 10.6. The van der Waals surface area contributed by atoms with Crippen molar-refractivity contribution in [2.24, 2.45) is 0 Å². The maximum Gasteiger partial charge on any atom is 0.228 e. The Hall–Kier alpha value is -2.20. The molecule has 8 heteroatoms. The summed E-state index contributed by atoms with van der Waals surface area (Å²) in [7, 11) is 4.62. The van der Waals surface area contributed by atoms with E-state index in [0.717, 1.165) is 121 Å². The molecule has 2 aliphatic rings. The summed E-state index contributed by atoms with van der Waals surface area (Å²) in [5.74, 6) is 2.24. The summed E-state index contributed by atoms with van der Waals surface area (Å²) < 4.78 is 1.63. The van der Waals surface area contributed by atoms with Gasteiger partial charge in [0.2, 0.25) is 11.6 Å². The zero-order chi connectivity index (χ0) is 23.4. The molecule has 0 bridgehead atoms. The number of hydrogen-bond acceptors (Lipinski definition) is 6. The van der Waals surface area contributed by atoms with E-state index in [2.05, 4.69) is 71.8 Å². The van der Waals surface area contributed by atoms with Crippen LogP contribution in [-0.4, -0.2) is 103 Å². The number of nitrogens with zero attached hydrogens (tertiary/aromatic N) is 4. The van der Waals surface area contributed by atoms with Gasteiger partial charge in [-0.25, -0.2) is 0 Å². The van der Waals surface area contributed by atoms with Gasteiger partial charge in [0.25, 0.3) is 0 Å². The lowest BCUT2D eigenvalue weighted by Crippen LogP contribution is -2.52. The molecule has 8 nitrogen and oxygen atoms in total. The Morgan fingerprint density at radius 3 is 1.18 bits per heavy atom. The molecular formula is C26H40N8+2. The Kier molecular flexibility index (Phi) is 7.06. The van der Waals surface area contributed by atoms with E-state index in [0.29, 0.717) is 0 Å². The van der Waals surface area contributed by atoms with E-state index >= 15 is 0 Å². The second-order valence-electron chi connectivity index (χ2n) is 10.2. The Labute approximate surface area is 202 Å². The standard InChI is InChI=1S/C26H40N8/c1-33(17-13-27-9-10-28-14-18-33)23-7-5-21-3-4-22-6-8-24(32-26(22)25(21)31-23)34(2)19-15-29-11-12-30-16-20-34/h3-8,27-30H,9-20H2,1-2H3/q+2. The Bertz CT molecular complexity index is 1020. The van der Waals surface area contributed by atoms with Crippen LogP contribution in [0, 0.1) is 0 Å². The number of quaternary nitrogens is 2. The zero-order valence-electron chi connectivity index (χ0n) is 20.7. The van der Waals surface area contributed by atoms with E-state index in [4.69, 9.17) is 9.97 Å². The Balaban J connectivity index is 1.57. The van der Waals surface area contributed by atoms with Crippen LogP contribution in [0.15, 0.2) is 36.4 Å². The highest BCUT2D eigenvalue weighted by molar-refractivity contribution is 6.03. The molecule has 0 aliphatic carbocycles. The second-order valence-corrected chi connectivity index (χ2v) is 10.2. The first-order valence-electron chi connectivity index (χ1n) is 12.8. The Morgan fingerprint density at radius 1 is 0.500 bits per heavy atom. The summed E-state index contributed by atoms with van der Waals surface area (Å²) in [6.45, 7) is 12.2. The SMILES string of the molecule is C[N+]1(c2ccc3ccc4ccc([N+]5(C)CCNCCNCC5)nc4c3n2)CCNCCNCC1. The van der Waals surface area contributed by atoms with Crippen molar-refractivity contribution in [2.75, 3.05) is 92.6 Å². The maximum atomic E-state index is 5.28. The molecule has 182 valence electrons. The van der Waals surface area contributed by atoms with E-state index in [9.17, 15) is 0 Å². The first-order chi connectivity index (χ1) is 16.6. The molecule has 0 spiro atoms. The molecule has 2 aromatic heterocycles. The molecule has 0 atom stereocenters. The highest BCUT2D eigenvalue weighted by Gasteiger charge is 2.29. The molecule has 2 fully saturated rings. The number of fused-ring (bicyclic) bond motifs is 3. The molecule has 5 rings (SSSR count). The fraction of sp³-hybridized carbons (Fsp3) is 0.538. The number of aromatic nitrogens is 2. The van der Waals surface area contributed by atoms with Crippen LogP contribution in [0.25, 0.3) is 21.8 Å². The number of pyridine rings is 2. The largest absolute Gasteiger partial charge is 0.310 e. The lowest BCUT2D eigenvalue weighted by molar-refractivity contribution is 0.328. The van der Waals surface area contributed by atoms with Gasteiger partial charge in [-0.15, -0.1) is 0 Å². The highest BCUT2D eigenvalue weighted by atomic mass is 15.4. The van der Waals surface area contributed by atoms with Gasteiger partial charge in [-0.3, -0.25) is 8.97 Å². The van der Waals surface area contributed by atoms with Gasteiger partial charge in [-0.2, -0.15) is 9.97 Å². The van der Waals surface area contributed by atoms with Gasteiger partial charge in [0, 0.05) is 75.3 Å². The molecule has 0 radical (unpaired) electrons. The number of rotatable bonds is 2. The molecule has 0 unspecified atom stereocenters. The molecule has 3 aromatic rings. The summed E-state index contributed by atoms with van der Waals surface area (Å²) in [5.41, 5.74) is 2.04. The smallest absolute Gasteiger partial charge is 0.228 e. The third-order valence-corrected chi connectivity index (χ3v) is 7.68. The monoisotopic (exact) mass is 464 g/mol. The van der Waals surface area contributed by atoms with Crippen LogP contribution in [0.1, 0.15) is 0 Å². The number of nitrogens with one attached hydrogen (secondary N) is 4. The van der Waals surface area contributed by atoms with Crippen LogP contribution in [-0.2, 0) is 0 Å². The predicted octanol–water partition coefficient (Wildman–Crippen LogP) is 1.04. The molecule has 34 heavy (non-hydrogen) atoms. The minimum atomic E-state index is 0.817. The molecule has 1 aromatic carbocycles. The minimum Gasteiger partial charge on any atom is -0.310 e. The fourth-order valence-corrected chi connectivity index (χ4v) is 5.19. The average molecular weight is 465 g/mol. The van der Waals surface area contributed by atoms with Crippen molar-refractivity contribution < 1.29 is 0 Å². The molecule has 0 amide bonds. The van der Waals surface area contributed by atoms with E-state index in [-0.39, 0.29) is 0 Å². The third-order valence-electron chi connectivity index (χ3n) is 7.68. The van der Waals surface area contributed by atoms with Crippen LogP contribution < -0.4 is 30.2 Å². The van der Waals surface area contributed by atoms with Gasteiger partial charge in [0.1, 0.15) is 11.0 Å². The van der Waals surface area contributed by atoms with E-state index in [1.807, 2.05) is 0 Å². The van der Waals surface area contributed by atoms with Crippen molar-refractivity contribution in [2.45, 2.75) is 0 Å². The molecule has 4 heterocycles. The highest BCUT2D eigenvalue weighted by Crippen LogP contribution is 2.30. The van der Waals surface area contributed by atoms with Gasteiger partial charge in [0.05, 0.1) is 40.3 Å². The van der Waals surface area contributed by atoms with Crippen molar-refractivity contribution in [3.05, 3.63) is 36.4 Å². The van der Waals surface area contributed by atoms with Gasteiger partial charge >= 0.3 is 0 Å². The van der Waals surface area contributed by atoms with Crippen molar-refractivity contribution in [1.82, 2.24) is 40.2 Å². The lowest BCUT2D eigenvalue weighted by Gasteiger charge is -2.33. The van der Waals surface area contributed by atoms with Crippen LogP contribution >= 0.6 is 0 Å². The van der Waals surface area contributed by atoms with Crippen molar-refractivity contribution in [3.8, 4) is 0 Å². The lowest BCUT2D eigenvalue weighted by atomic mass is 10.1. The Morgan fingerprint density at radius 2 is 0.824 bits per heavy atom. The first-order valence-corrected chi connectivity index (χ1v) is 12.8. The van der Waals surface area contributed by atoms with Crippen LogP contribution in [0.5, 0.6) is 0 Å². The summed E-state index contributed by atoms with van der Waals surface area (Å²) in [6.07, 6.45) is 0. The fourth-order valence-electron chi connectivity index (χ4n) is 5.19. The van der Waals surface area contributed by atoms with Crippen LogP contribution in [0.2, 0.25) is 0 Å². The number of likely N-dealkylation sites (N-methyl/N-ethyl adjacent to an activating group) is 2. The van der Waals surface area contributed by atoms with Gasteiger partial charge in [-0.05, 0) is 12.1 Å². The predicted molar refractivity (Wildman–Crippen MR) is 143 cm³/mol. The number of benzene rings is 1. The quantitative estimate of drug-likeness (QED) is 0.336. The summed E-state index contributed by atoms with van der Waals surface area (Å²) in [5, 5.41) is 16.5. The third kappa shape index (κ3) is 4.93. The molecule has 2 saturated heterocycles. The van der Waals surface area contributed by atoms with E-state index in [1.165, 1.54) is 0 Å². The van der Waals surface area contributed by atoms with Crippen LogP contribution in [0.4, 0.5) is 11.6 Å². The molecular weight excluding hydrogens is 424 g/mol. The summed E-state index contributed by atoms with van der Waals surface area (Å²) in [6, 6.07) is 13.2. The van der Waals surface area contributed by atoms with Gasteiger partial charge in [-0.1, -0.05) is 12.1 Å². The minimum absolute atomic E-state index is 0.817. The van der Waals surface area contributed by atoms with Crippen molar-refractivity contribution >= 4 is 33.4 Å².